The molecular weight excluding hydrogens is 340 g/mol. The molecule has 7 heteroatoms. The maximum atomic E-state index is 5.43. The molecule has 2 fully saturated rings. The Labute approximate surface area is 161 Å². The van der Waals surface area contributed by atoms with Crippen LogP contribution in [0.25, 0.3) is 0 Å². The number of aromatic nitrogens is 4. The van der Waals surface area contributed by atoms with Gasteiger partial charge in [0.05, 0.1) is 25.5 Å². The monoisotopic (exact) mass is 370 g/mol. The average Bonchev–Trinajstić information content (AvgIpc) is 3.04. The van der Waals surface area contributed by atoms with Crippen LogP contribution in [0.3, 0.4) is 0 Å². The van der Waals surface area contributed by atoms with Gasteiger partial charge in [0.2, 0.25) is 0 Å². The topological polar surface area (TPSA) is 59.3 Å². The highest BCUT2D eigenvalue weighted by atomic mass is 16.5. The van der Waals surface area contributed by atoms with E-state index in [1.165, 1.54) is 5.69 Å². The minimum absolute atomic E-state index is 0.502. The lowest BCUT2D eigenvalue weighted by atomic mass is 9.96. The molecule has 2 saturated heterocycles. The second kappa shape index (κ2) is 8.46. The first-order valence-corrected chi connectivity index (χ1v) is 10.0. The van der Waals surface area contributed by atoms with Crippen LogP contribution in [0.15, 0.2) is 18.2 Å². The van der Waals surface area contributed by atoms with Crippen molar-refractivity contribution in [2.24, 2.45) is 7.05 Å². The molecular formula is C20H30N6O. The van der Waals surface area contributed by atoms with Crippen molar-refractivity contribution in [1.29, 1.82) is 0 Å². The van der Waals surface area contributed by atoms with Gasteiger partial charge in [0.15, 0.2) is 0 Å². The molecule has 0 aliphatic carbocycles. The van der Waals surface area contributed by atoms with Gasteiger partial charge < -0.3 is 9.30 Å². The maximum absolute atomic E-state index is 5.43. The van der Waals surface area contributed by atoms with Crippen LogP contribution >= 0.6 is 0 Å². The lowest BCUT2D eigenvalue weighted by Gasteiger charge is -2.31. The summed E-state index contributed by atoms with van der Waals surface area (Å²) in [5.41, 5.74) is 2.26. The third-order valence-corrected chi connectivity index (χ3v) is 5.75. The highest BCUT2D eigenvalue weighted by Gasteiger charge is 2.26. The summed E-state index contributed by atoms with van der Waals surface area (Å²) in [4.78, 5) is 9.54. The fourth-order valence-electron chi connectivity index (χ4n) is 4.09. The number of pyridine rings is 1. The molecule has 0 atom stereocenters. The summed E-state index contributed by atoms with van der Waals surface area (Å²) in [6.45, 7) is 9.63. The molecule has 0 unspecified atom stereocenters. The van der Waals surface area contributed by atoms with E-state index in [0.29, 0.717) is 5.92 Å². The molecule has 0 saturated carbocycles. The zero-order valence-corrected chi connectivity index (χ0v) is 16.5. The van der Waals surface area contributed by atoms with Crippen molar-refractivity contribution in [1.82, 2.24) is 29.5 Å². The molecule has 7 nitrogen and oxygen atoms in total. The minimum Gasteiger partial charge on any atom is -0.379 e. The Morgan fingerprint density at radius 3 is 2.48 bits per heavy atom. The highest BCUT2D eigenvalue weighted by Crippen LogP contribution is 2.27. The van der Waals surface area contributed by atoms with Crippen molar-refractivity contribution in [3.8, 4) is 0 Å². The fourth-order valence-corrected chi connectivity index (χ4v) is 4.09. The number of aryl methyl sites for hydroxylation is 1. The molecule has 0 bridgehead atoms. The molecule has 27 heavy (non-hydrogen) atoms. The van der Waals surface area contributed by atoms with Gasteiger partial charge in [0, 0.05) is 38.3 Å². The van der Waals surface area contributed by atoms with Crippen molar-refractivity contribution in [3.05, 3.63) is 41.2 Å². The lowest BCUT2D eigenvalue weighted by molar-refractivity contribution is 0.0326. The van der Waals surface area contributed by atoms with Crippen LogP contribution in [-0.4, -0.2) is 68.9 Å². The zero-order chi connectivity index (χ0) is 18.6. The molecule has 146 valence electrons. The molecule has 2 aromatic rings. The van der Waals surface area contributed by atoms with E-state index in [1.807, 2.05) is 0 Å². The van der Waals surface area contributed by atoms with Crippen molar-refractivity contribution in [3.63, 3.8) is 0 Å². The number of rotatable bonds is 5. The van der Waals surface area contributed by atoms with Gasteiger partial charge in [-0.25, -0.2) is 0 Å². The number of hydrogen-bond donors (Lipinski definition) is 0. The Morgan fingerprint density at radius 1 is 1.00 bits per heavy atom. The largest absolute Gasteiger partial charge is 0.379 e. The number of likely N-dealkylation sites (tertiary alicyclic amines) is 1. The predicted octanol–water partition coefficient (Wildman–Crippen LogP) is 1.73. The molecule has 2 aromatic heterocycles. The fraction of sp³-hybridized carbons (Fsp3) is 0.650. The van der Waals surface area contributed by atoms with Gasteiger partial charge in [-0.3, -0.25) is 14.8 Å². The van der Waals surface area contributed by atoms with Crippen molar-refractivity contribution < 1.29 is 4.74 Å². The van der Waals surface area contributed by atoms with Crippen LogP contribution in [0, 0.1) is 6.92 Å². The molecule has 2 aliphatic heterocycles. The van der Waals surface area contributed by atoms with E-state index in [0.717, 1.165) is 82.7 Å². The number of piperidine rings is 1. The summed E-state index contributed by atoms with van der Waals surface area (Å²) >= 11 is 0. The zero-order valence-electron chi connectivity index (χ0n) is 16.5. The summed E-state index contributed by atoms with van der Waals surface area (Å²) in [5, 5.41) is 9.04. The molecule has 0 N–H and O–H groups in total. The van der Waals surface area contributed by atoms with Crippen molar-refractivity contribution in [2.75, 3.05) is 39.4 Å². The van der Waals surface area contributed by atoms with Crippen LogP contribution in [0.2, 0.25) is 0 Å². The van der Waals surface area contributed by atoms with Crippen LogP contribution in [-0.2, 0) is 24.9 Å². The summed E-state index contributed by atoms with van der Waals surface area (Å²) in [6.07, 6.45) is 2.27. The van der Waals surface area contributed by atoms with E-state index < -0.39 is 0 Å². The summed E-state index contributed by atoms with van der Waals surface area (Å²) in [7, 11) is 2.12. The van der Waals surface area contributed by atoms with Crippen LogP contribution in [0.4, 0.5) is 0 Å². The number of hydrogen-bond acceptors (Lipinski definition) is 6. The molecule has 2 aliphatic rings. The number of nitrogens with zero attached hydrogens (tertiary/aromatic N) is 6. The Hall–Kier alpha value is -1.83. The van der Waals surface area contributed by atoms with Gasteiger partial charge >= 0.3 is 0 Å². The first-order chi connectivity index (χ1) is 13.2. The second-order valence-corrected chi connectivity index (χ2v) is 7.74. The van der Waals surface area contributed by atoms with E-state index in [1.54, 1.807) is 0 Å². The van der Waals surface area contributed by atoms with Gasteiger partial charge in [0.25, 0.3) is 0 Å². The molecule has 0 amide bonds. The predicted molar refractivity (Wildman–Crippen MR) is 103 cm³/mol. The van der Waals surface area contributed by atoms with Crippen molar-refractivity contribution >= 4 is 0 Å². The van der Waals surface area contributed by atoms with Crippen molar-refractivity contribution in [2.45, 2.75) is 38.8 Å². The minimum atomic E-state index is 0.502. The normalized spacial score (nSPS) is 20.2. The lowest BCUT2D eigenvalue weighted by Crippen LogP contribution is -2.36. The van der Waals surface area contributed by atoms with Gasteiger partial charge in [0.1, 0.15) is 11.6 Å². The first-order valence-electron chi connectivity index (χ1n) is 10.0. The SMILES string of the molecule is Cc1cccc(CN2CCC(c3nnc(CN4CCOCC4)n3C)CC2)n1. The number of ether oxygens (including phenoxy) is 1. The second-order valence-electron chi connectivity index (χ2n) is 7.74. The molecule has 4 rings (SSSR count). The molecule has 0 radical (unpaired) electrons. The third-order valence-electron chi connectivity index (χ3n) is 5.75. The van der Waals surface area contributed by atoms with Gasteiger partial charge in [-0.1, -0.05) is 6.07 Å². The van der Waals surface area contributed by atoms with E-state index in [2.05, 4.69) is 61.7 Å². The Bertz CT molecular complexity index is 747. The quantitative estimate of drug-likeness (QED) is 0.799. The van der Waals surface area contributed by atoms with E-state index in [4.69, 9.17) is 4.74 Å². The number of morpholine rings is 1. The highest BCUT2D eigenvalue weighted by molar-refractivity contribution is 5.10. The summed E-state index contributed by atoms with van der Waals surface area (Å²) in [5.74, 6) is 2.72. The van der Waals surface area contributed by atoms with E-state index >= 15 is 0 Å². The van der Waals surface area contributed by atoms with Crippen LogP contribution in [0.5, 0.6) is 0 Å². The average molecular weight is 371 g/mol. The van der Waals surface area contributed by atoms with Crippen LogP contribution < -0.4 is 0 Å². The smallest absolute Gasteiger partial charge is 0.146 e. The summed E-state index contributed by atoms with van der Waals surface area (Å²) < 4.78 is 7.65. The van der Waals surface area contributed by atoms with Gasteiger partial charge in [-0.15, -0.1) is 10.2 Å². The first kappa shape index (κ1) is 18.5. The van der Waals surface area contributed by atoms with Gasteiger partial charge in [-0.05, 0) is 45.0 Å². The van der Waals surface area contributed by atoms with E-state index in [9.17, 15) is 0 Å². The maximum Gasteiger partial charge on any atom is 0.146 e. The molecule has 0 spiro atoms. The Morgan fingerprint density at radius 2 is 1.74 bits per heavy atom. The standard InChI is InChI=1S/C20H30N6O/c1-16-4-3-5-18(21-16)14-25-8-6-17(7-9-25)20-23-22-19(24(20)2)15-26-10-12-27-13-11-26/h3-5,17H,6-15H2,1-2H3. The van der Waals surface area contributed by atoms with Gasteiger partial charge in [-0.2, -0.15) is 0 Å². The van der Waals surface area contributed by atoms with Crippen LogP contribution in [0.1, 0.15) is 41.8 Å². The molecule has 0 aromatic carbocycles. The Balaban J connectivity index is 1.33. The summed E-state index contributed by atoms with van der Waals surface area (Å²) in [6, 6.07) is 6.28. The third kappa shape index (κ3) is 4.54. The Kier molecular flexibility index (Phi) is 5.80. The molecule has 4 heterocycles. The van der Waals surface area contributed by atoms with E-state index in [-0.39, 0.29) is 0 Å².